The van der Waals surface area contributed by atoms with Crippen LogP contribution in [0.5, 0.6) is 0 Å². The summed E-state index contributed by atoms with van der Waals surface area (Å²) in [5, 5.41) is 9.52. The number of carbonyl (C=O) groups excluding carboxylic acids is 1. The molecular formula is C13H22N4OS. The van der Waals surface area contributed by atoms with Gasteiger partial charge in [0.05, 0.1) is 0 Å². The highest BCUT2D eigenvalue weighted by Gasteiger charge is 2.28. The first-order valence-electron chi connectivity index (χ1n) is 6.89. The molecule has 5 nitrogen and oxygen atoms in total. The third kappa shape index (κ3) is 3.29. The Morgan fingerprint density at radius 2 is 2.16 bits per heavy atom. The van der Waals surface area contributed by atoms with E-state index in [0.717, 1.165) is 29.7 Å². The molecule has 1 aromatic rings. The van der Waals surface area contributed by atoms with E-state index in [4.69, 9.17) is 0 Å². The van der Waals surface area contributed by atoms with E-state index in [1.54, 1.807) is 16.7 Å². The van der Waals surface area contributed by atoms with Gasteiger partial charge in [0.15, 0.2) is 5.16 Å². The average molecular weight is 282 g/mol. The minimum absolute atomic E-state index is 0.208. The van der Waals surface area contributed by atoms with Crippen LogP contribution in [0, 0.1) is 0 Å². The fourth-order valence-corrected chi connectivity index (χ4v) is 3.28. The molecule has 1 unspecified atom stereocenters. The van der Waals surface area contributed by atoms with Gasteiger partial charge in [-0.1, -0.05) is 25.1 Å². The number of thioether (sulfide) groups is 1. The number of unbranched alkanes of at least 4 members (excludes halogenated alkanes) is 1. The molecule has 1 atom stereocenters. The van der Waals surface area contributed by atoms with Crippen molar-refractivity contribution in [1.82, 2.24) is 19.7 Å². The van der Waals surface area contributed by atoms with Crippen LogP contribution < -0.4 is 0 Å². The molecule has 1 fully saturated rings. The smallest absolute Gasteiger partial charge is 0.223 e. The van der Waals surface area contributed by atoms with Gasteiger partial charge >= 0.3 is 0 Å². The van der Waals surface area contributed by atoms with Gasteiger partial charge in [0.25, 0.3) is 0 Å². The normalized spacial score (nSPS) is 20.1. The summed E-state index contributed by atoms with van der Waals surface area (Å²) in [6, 6.07) is 0. The maximum absolute atomic E-state index is 11.8. The lowest BCUT2D eigenvalue weighted by Gasteiger charge is -2.28. The topological polar surface area (TPSA) is 51.0 Å². The molecule has 0 spiro atoms. The van der Waals surface area contributed by atoms with E-state index < -0.39 is 0 Å². The van der Waals surface area contributed by atoms with Crippen molar-refractivity contribution in [3.8, 4) is 0 Å². The number of piperidine rings is 1. The minimum atomic E-state index is 0.208. The number of rotatable bonds is 5. The van der Waals surface area contributed by atoms with Crippen LogP contribution in [0.1, 0.15) is 44.3 Å². The van der Waals surface area contributed by atoms with Gasteiger partial charge < -0.3 is 9.47 Å². The molecule has 0 N–H and O–H groups in total. The summed E-state index contributed by atoms with van der Waals surface area (Å²) in [7, 11) is 3.87. The van der Waals surface area contributed by atoms with Gasteiger partial charge in [0.2, 0.25) is 5.91 Å². The molecule has 19 heavy (non-hydrogen) atoms. The fraction of sp³-hybridized carbons (Fsp3) is 0.769. The molecule has 1 saturated heterocycles. The van der Waals surface area contributed by atoms with Crippen LogP contribution in [-0.2, 0) is 11.8 Å². The van der Waals surface area contributed by atoms with Gasteiger partial charge in [-0.15, -0.1) is 10.2 Å². The zero-order valence-corrected chi connectivity index (χ0v) is 12.7. The largest absolute Gasteiger partial charge is 0.346 e. The molecule has 1 aliphatic rings. The Morgan fingerprint density at radius 1 is 1.37 bits per heavy atom. The molecule has 1 aliphatic heterocycles. The molecule has 2 rings (SSSR count). The van der Waals surface area contributed by atoms with E-state index in [9.17, 15) is 4.79 Å². The molecule has 2 heterocycles. The number of likely N-dealkylation sites (tertiary alicyclic amines) is 1. The third-order valence-corrected chi connectivity index (χ3v) is 4.73. The SMILES string of the molecule is CCCCSc1nnc(C2CCN(C)C(=O)C2)n1C. The summed E-state index contributed by atoms with van der Waals surface area (Å²) < 4.78 is 2.06. The lowest BCUT2D eigenvalue weighted by molar-refractivity contribution is -0.132. The van der Waals surface area contributed by atoms with Crippen molar-refractivity contribution in [2.45, 2.75) is 43.7 Å². The summed E-state index contributed by atoms with van der Waals surface area (Å²) >= 11 is 1.75. The molecule has 106 valence electrons. The van der Waals surface area contributed by atoms with Crippen molar-refractivity contribution in [2.75, 3.05) is 19.3 Å². The van der Waals surface area contributed by atoms with E-state index in [2.05, 4.69) is 21.7 Å². The summed E-state index contributed by atoms with van der Waals surface area (Å²) in [5.41, 5.74) is 0. The highest BCUT2D eigenvalue weighted by molar-refractivity contribution is 7.99. The third-order valence-electron chi connectivity index (χ3n) is 3.62. The zero-order valence-electron chi connectivity index (χ0n) is 11.9. The Hall–Kier alpha value is -1.04. The van der Waals surface area contributed by atoms with E-state index in [0.29, 0.717) is 6.42 Å². The van der Waals surface area contributed by atoms with Gasteiger partial charge in [0, 0.05) is 38.7 Å². The molecule has 0 aromatic carbocycles. The van der Waals surface area contributed by atoms with E-state index >= 15 is 0 Å². The van der Waals surface area contributed by atoms with Crippen LogP contribution in [0.25, 0.3) is 0 Å². The van der Waals surface area contributed by atoms with Crippen LogP contribution in [0.4, 0.5) is 0 Å². The van der Waals surface area contributed by atoms with Gasteiger partial charge in [-0.3, -0.25) is 4.79 Å². The summed E-state index contributed by atoms with van der Waals surface area (Å²) in [6.45, 7) is 3.00. The summed E-state index contributed by atoms with van der Waals surface area (Å²) in [5.74, 6) is 2.47. The van der Waals surface area contributed by atoms with Crippen molar-refractivity contribution in [3.05, 3.63) is 5.82 Å². The Kier molecular flexibility index (Phi) is 4.85. The van der Waals surface area contributed by atoms with Gasteiger partial charge in [-0.2, -0.15) is 0 Å². The summed E-state index contributed by atoms with van der Waals surface area (Å²) in [6.07, 6.45) is 3.93. The predicted octanol–water partition coefficient (Wildman–Crippen LogP) is 2.04. The average Bonchev–Trinajstić information content (AvgIpc) is 2.75. The first-order valence-corrected chi connectivity index (χ1v) is 7.88. The van der Waals surface area contributed by atoms with Crippen molar-refractivity contribution in [3.63, 3.8) is 0 Å². The van der Waals surface area contributed by atoms with Crippen molar-refractivity contribution >= 4 is 17.7 Å². The minimum Gasteiger partial charge on any atom is -0.346 e. The molecule has 0 saturated carbocycles. The monoisotopic (exact) mass is 282 g/mol. The Morgan fingerprint density at radius 3 is 2.84 bits per heavy atom. The number of carbonyl (C=O) groups is 1. The lowest BCUT2D eigenvalue weighted by atomic mass is 9.96. The maximum atomic E-state index is 11.8. The van der Waals surface area contributed by atoms with Crippen LogP contribution in [0.2, 0.25) is 0 Å². The molecular weight excluding hydrogens is 260 g/mol. The van der Waals surface area contributed by atoms with Crippen LogP contribution in [0.3, 0.4) is 0 Å². The highest BCUT2D eigenvalue weighted by atomic mass is 32.2. The highest BCUT2D eigenvalue weighted by Crippen LogP contribution is 2.28. The first kappa shape index (κ1) is 14.4. The molecule has 0 bridgehead atoms. The Labute approximate surface area is 118 Å². The van der Waals surface area contributed by atoms with Gasteiger partial charge in [-0.25, -0.2) is 0 Å². The quantitative estimate of drug-likeness (QED) is 0.612. The number of amides is 1. The van der Waals surface area contributed by atoms with Crippen LogP contribution in [-0.4, -0.2) is 44.9 Å². The zero-order chi connectivity index (χ0) is 13.8. The second-order valence-corrected chi connectivity index (χ2v) is 6.17. The van der Waals surface area contributed by atoms with Crippen LogP contribution >= 0.6 is 11.8 Å². The second kappa shape index (κ2) is 6.41. The first-order chi connectivity index (χ1) is 9.13. The number of hydrogen-bond acceptors (Lipinski definition) is 4. The fourth-order valence-electron chi connectivity index (χ4n) is 2.28. The van der Waals surface area contributed by atoms with Crippen molar-refractivity contribution < 1.29 is 4.79 Å². The molecule has 1 amide bonds. The Balaban J connectivity index is 2.03. The predicted molar refractivity (Wildman–Crippen MR) is 76.2 cm³/mol. The molecule has 6 heteroatoms. The number of aromatic nitrogens is 3. The molecule has 0 aliphatic carbocycles. The van der Waals surface area contributed by atoms with Crippen molar-refractivity contribution in [1.29, 1.82) is 0 Å². The van der Waals surface area contributed by atoms with Crippen LogP contribution in [0.15, 0.2) is 5.16 Å². The van der Waals surface area contributed by atoms with Gasteiger partial charge in [0.1, 0.15) is 5.82 Å². The maximum Gasteiger partial charge on any atom is 0.223 e. The Bertz CT molecular complexity index is 446. The van der Waals surface area contributed by atoms with E-state index in [-0.39, 0.29) is 11.8 Å². The lowest BCUT2D eigenvalue weighted by Crippen LogP contribution is -2.35. The molecule has 0 radical (unpaired) electrons. The standard InChI is InChI=1S/C13H22N4OS/c1-4-5-8-19-13-15-14-12(17(13)3)10-6-7-16(2)11(18)9-10/h10H,4-9H2,1-3H3. The second-order valence-electron chi connectivity index (χ2n) is 5.11. The number of nitrogens with zero attached hydrogens (tertiary/aromatic N) is 4. The van der Waals surface area contributed by atoms with E-state index in [1.807, 2.05) is 14.1 Å². The summed E-state index contributed by atoms with van der Waals surface area (Å²) in [4.78, 5) is 13.6. The van der Waals surface area contributed by atoms with E-state index in [1.165, 1.54) is 12.8 Å². The van der Waals surface area contributed by atoms with Crippen molar-refractivity contribution in [2.24, 2.45) is 7.05 Å². The number of hydrogen-bond donors (Lipinski definition) is 0. The van der Waals surface area contributed by atoms with Gasteiger partial charge in [-0.05, 0) is 12.8 Å². The molecule has 1 aromatic heterocycles.